The third-order valence-corrected chi connectivity index (χ3v) is 9.83. The van der Waals surface area contributed by atoms with Crippen molar-refractivity contribution in [3.63, 3.8) is 0 Å². The van der Waals surface area contributed by atoms with Crippen molar-refractivity contribution >= 4 is 52.3 Å². The van der Waals surface area contributed by atoms with Gasteiger partial charge in [-0.3, -0.25) is 9.78 Å². The van der Waals surface area contributed by atoms with Gasteiger partial charge in [-0.2, -0.15) is 9.67 Å². The zero-order valence-corrected chi connectivity index (χ0v) is 22.3. The van der Waals surface area contributed by atoms with Crippen LogP contribution in [-0.2, 0) is 25.8 Å². The number of hydrogen-bond acceptors (Lipinski definition) is 14. The molecule has 0 amide bonds. The van der Waals surface area contributed by atoms with Crippen LogP contribution in [0.15, 0.2) is 23.4 Å². The van der Waals surface area contributed by atoms with E-state index in [1.165, 1.54) is 17.1 Å². The van der Waals surface area contributed by atoms with Crippen LogP contribution in [-0.4, -0.2) is 104 Å². The molecule has 2 fully saturated rings. The van der Waals surface area contributed by atoms with E-state index in [0.717, 1.165) is 4.68 Å². The smallest absolute Gasteiger partial charge is 0.282 e. The third kappa shape index (κ3) is 4.56. The molecule has 2 aliphatic rings. The zero-order valence-electron chi connectivity index (χ0n) is 20.6. The first-order valence-corrected chi connectivity index (χ1v) is 14.8. The quantitative estimate of drug-likeness (QED) is 0.131. The molecule has 6 heterocycles. The fourth-order valence-corrected chi connectivity index (χ4v) is 7.40. The van der Waals surface area contributed by atoms with Gasteiger partial charge in [-0.15, -0.1) is 5.10 Å². The molecule has 2 unspecified atom stereocenters. The molecular formula is C20H23F2N10O7PS. The number of nitrogen functional groups attached to an aromatic ring is 2. The normalized spacial score (nSPS) is 31.7. The van der Waals surface area contributed by atoms with Crippen molar-refractivity contribution < 1.29 is 37.9 Å². The number of ether oxygens (including phenoxy) is 2. The predicted octanol–water partition coefficient (Wildman–Crippen LogP) is -1.36. The Labute approximate surface area is 232 Å². The highest BCUT2D eigenvalue weighted by molar-refractivity contribution is 8.09. The summed E-state index contributed by atoms with van der Waals surface area (Å²) in [6.07, 6.45) is -8.71. The van der Waals surface area contributed by atoms with Gasteiger partial charge < -0.3 is 45.1 Å². The van der Waals surface area contributed by atoms with E-state index in [4.69, 9.17) is 37.3 Å². The number of aromatic amines is 1. The molecule has 21 heteroatoms. The number of alkyl halides is 2. The van der Waals surface area contributed by atoms with Crippen LogP contribution in [0.3, 0.4) is 0 Å². The van der Waals surface area contributed by atoms with E-state index in [0.29, 0.717) is 5.39 Å². The Hall–Kier alpha value is -3.23. The van der Waals surface area contributed by atoms with E-state index >= 15 is 8.78 Å². The molecule has 220 valence electrons. The Morgan fingerprint density at radius 1 is 1.17 bits per heavy atom. The van der Waals surface area contributed by atoms with Crippen LogP contribution in [0, 0.1) is 0 Å². The van der Waals surface area contributed by atoms with Crippen molar-refractivity contribution in [2.75, 3.05) is 24.7 Å². The standard InChI is InChI=1S/C20H23F2N10O7PS/c21-9-7(3-33)38-19(32-16-11(29-30-32)17(35)28-20(24)27-16)13(9)40(36,41)37-4-8-12(34)10(22)18(39-8)31-2-1-6-14(23)25-5-26-15(6)31/h1-2,5,7-10,12-13,18-19,33-34H,3-4H2,(H,36,41)(H2,23,25,26)(H3,24,27,28,35)/t7-,8?,9+,10+,12-,13-,18-,19-,40?/m1/s1. The minimum Gasteiger partial charge on any atom is -0.394 e. The number of fused-ring (bicyclic) bond motifs is 2. The number of aliphatic hydroxyl groups is 2. The van der Waals surface area contributed by atoms with Gasteiger partial charge in [-0.1, -0.05) is 5.21 Å². The highest BCUT2D eigenvalue weighted by Gasteiger charge is 2.55. The van der Waals surface area contributed by atoms with E-state index in [2.05, 4.69) is 30.2 Å². The number of anilines is 2. The monoisotopic (exact) mass is 616 g/mol. The molecule has 0 spiro atoms. The van der Waals surface area contributed by atoms with Crippen molar-refractivity contribution in [3.8, 4) is 0 Å². The van der Waals surface area contributed by atoms with Gasteiger partial charge in [0, 0.05) is 6.20 Å². The Bertz CT molecular complexity index is 1720. The van der Waals surface area contributed by atoms with Crippen LogP contribution in [0.2, 0.25) is 0 Å². The summed E-state index contributed by atoms with van der Waals surface area (Å²) in [5.74, 6) is -0.121. The molecule has 6 rings (SSSR count). The summed E-state index contributed by atoms with van der Waals surface area (Å²) in [5, 5.41) is 28.2. The lowest BCUT2D eigenvalue weighted by Crippen LogP contribution is -2.34. The lowest BCUT2D eigenvalue weighted by atomic mass is 10.1. The van der Waals surface area contributed by atoms with Crippen LogP contribution in [0.25, 0.3) is 22.2 Å². The van der Waals surface area contributed by atoms with Crippen LogP contribution in [0.5, 0.6) is 0 Å². The number of hydrogen-bond donors (Lipinski definition) is 6. The second kappa shape index (κ2) is 10.2. The lowest BCUT2D eigenvalue weighted by Gasteiger charge is -2.28. The largest absolute Gasteiger partial charge is 0.394 e. The number of nitrogens with zero attached hydrogens (tertiary/aromatic N) is 7. The lowest BCUT2D eigenvalue weighted by molar-refractivity contribution is -0.0433. The Balaban J connectivity index is 1.25. The number of nitrogens with two attached hydrogens (primary N) is 2. The average molecular weight is 617 g/mol. The predicted molar refractivity (Wildman–Crippen MR) is 139 cm³/mol. The van der Waals surface area contributed by atoms with Gasteiger partial charge in [0.25, 0.3) is 5.56 Å². The molecule has 4 aromatic rings. The maximum Gasteiger partial charge on any atom is 0.282 e. The van der Waals surface area contributed by atoms with Gasteiger partial charge in [0.05, 0.1) is 18.6 Å². The highest BCUT2D eigenvalue weighted by Crippen LogP contribution is 2.58. The van der Waals surface area contributed by atoms with Crippen molar-refractivity contribution in [2.45, 2.75) is 48.8 Å². The third-order valence-electron chi connectivity index (χ3n) is 6.97. The van der Waals surface area contributed by atoms with E-state index in [1.807, 2.05) is 0 Å². The van der Waals surface area contributed by atoms with E-state index in [-0.39, 0.29) is 28.6 Å². The number of halogens is 2. The molecule has 0 aromatic carbocycles. The summed E-state index contributed by atoms with van der Waals surface area (Å²) in [4.78, 5) is 37.6. The summed E-state index contributed by atoms with van der Waals surface area (Å²) >= 11 is 5.30. The number of nitrogens with one attached hydrogen (secondary N) is 1. The summed E-state index contributed by atoms with van der Waals surface area (Å²) in [5.41, 5.74) is 8.91. The van der Waals surface area contributed by atoms with Gasteiger partial charge in [-0.25, -0.2) is 18.7 Å². The van der Waals surface area contributed by atoms with Gasteiger partial charge in [0.1, 0.15) is 47.9 Å². The molecule has 4 aromatic heterocycles. The highest BCUT2D eigenvalue weighted by atomic mass is 32.5. The van der Waals surface area contributed by atoms with Crippen molar-refractivity contribution in [3.05, 3.63) is 28.9 Å². The molecular weight excluding hydrogens is 593 g/mol. The Morgan fingerprint density at radius 2 is 1.93 bits per heavy atom. The zero-order chi connectivity index (χ0) is 29.2. The second-order valence-electron chi connectivity index (χ2n) is 9.42. The molecule has 2 aliphatic heterocycles. The molecule has 41 heavy (non-hydrogen) atoms. The van der Waals surface area contributed by atoms with Gasteiger partial charge in [0.2, 0.25) is 5.95 Å². The maximum absolute atomic E-state index is 15.5. The van der Waals surface area contributed by atoms with Crippen molar-refractivity contribution in [2.24, 2.45) is 0 Å². The average Bonchev–Trinajstić information content (AvgIpc) is 3.68. The van der Waals surface area contributed by atoms with Gasteiger partial charge >= 0.3 is 0 Å². The maximum atomic E-state index is 15.5. The van der Waals surface area contributed by atoms with Crippen LogP contribution in [0.4, 0.5) is 20.5 Å². The minimum absolute atomic E-state index is 0.168. The molecule has 0 saturated carbocycles. The topological polar surface area (TPSA) is 248 Å². The van der Waals surface area contributed by atoms with E-state index < -0.39 is 74.0 Å². The van der Waals surface area contributed by atoms with Crippen molar-refractivity contribution in [1.29, 1.82) is 0 Å². The first-order chi connectivity index (χ1) is 19.5. The summed E-state index contributed by atoms with van der Waals surface area (Å²) in [6, 6.07) is 1.56. The fourth-order valence-electron chi connectivity index (χ4n) is 4.96. The molecule has 9 atom stereocenters. The first-order valence-electron chi connectivity index (χ1n) is 12.0. The second-order valence-corrected chi connectivity index (χ2v) is 13.0. The van der Waals surface area contributed by atoms with Gasteiger partial charge in [-0.05, 0) is 17.9 Å². The van der Waals surface area contributed by atoms with Crippen molar-refractivity contribution in [1.82, 2.24) is 39.5 Å². The molecule has 0 aliphatic carbocycles. The number of rotatable bonds is 7. The fraction of sp³-hybridized carbons (Fsp3) is 0.500. The molecule has 2 saturated heterocycles. The molecule has 0 bridgehead atoms. The number of H-pyrrole nitrogens is 1. The van der Waals surface area contributed by atoms with Crippen LogP contribution in [0.1, 0.15) is 12.5 Å². The van der Waals surface area contributed by atoms with Crippen LogP contribution < -0.4 is 17.0 Å². The Kier molecular flexibility index (Phi) is 6.97. The summed E-state index contributed by atoms with van der Waals surface area (Å²) in [7, 11) is 0. The van der Waals surface area contributed by atoms with Gasteiger partial charge in [0.15, 0.2) is 36.3 Å². The summed E-state index contributed by atoms with van der Waals surface area (Å²) < 4.78 is 49.8. The van der Waals surface area contributed by atoms with E-state index in [9.17, 15) is 19.9 Å². The molecule has 0 radical (unpaired) electrons. The molecule has 8 N–H and O–H groups in total. The summed E-state index contributed by atoms with van der Waals surface area (Å²) in [6.45, 7) is -5.66. The van der Waals surface area contributed by atoms with E-state index in [1.54, 1.807) is 6.07 Å². The van der Waals surface area contributed by atoms with Crippen LogP contribution >= 0.6 is 6.49 Å². The molecule has 17 nitrogen and oxygen atoms in total. The number of aromatic nitrogens is 8. The SMILES string of the molecule is Nc1nc2c(nnn2[C@@H]2O[C@H](CO)[C@H](F)[C@H]2P(O)(=S)OCC2O[C@@H](n3ccc4c(N)ncnc43)[C@@H](F)[C@@H]2O)c(=O)[nH]1. The minimum atomic E-state index is -4.24. The number of aliphatic hydroxyl groups excluding tert-OH is 2. The first kappa shape index (κ1) is 27.9. The Morgan fingerprint density at radius 3 is 2.68 bits per heavy atom.